The van der Waals surface area contributed by atoms with Gasteiger partial charge in [-0.05, 0) is 6.42 Å². The first kappa shape index (κ1) is 20.0. The zero-order valence-electron chi connectivity index (χ0n) is 10.4. The van der Waals surface area contributed by atoms with E-state index in [0.717, 1.165) is 12.8 Å². The van der Waals surface area contributed by atoms with E-state index < -0.39 is 10.4 Å². The van der Waals surface area contributed by atoms with Gasteiger partial charge in [0.1, 0.15) is 0 Å². The summed E-state index contributed by atoms with van der Waals surface area (Å²) < 4.78 is 32.8. The molecule has 0 spiro atoms. The van der Waals surface area contributed by atoms with Crippen LogP contribution in [0.25, 0.3) is 0 Å². The SMILES string of the molecule is CCCCCCCCCCOS(=O)(=O)O.[Rb]. The summed E-state index contributed by atoms with van der Waals surface area (Å²) in [4.78, 5) is 0. The van der Waals surface area contributed by atoms with Gasteiger partial charge in [0.2, 0.25) is 0 Å². The molecule has 0 aromatic rings. The van der Waals surface area contributed by atoms with Crippen LogP contribution in [0.2, 0.25) is 0 Å². The Morgan fingerprint density at radius 1 is 0.938 bits per heavy atom. The molecule has 16 heavy (non-hydrogen) atoms. The van der Waals surface area contributed by atoms with Crippen molar-refractivity contribution in [3.63, 3.8) is 0 Å². The second-order valence-corrected chi connectivity index (χ2v) is 4.82. The molecule has 0 unspecified atom stereocenters. The Labute approximate surface area is 148 Å². The van der Waals surface area contributed by atoms with E-state index in [1.165, 1.54) is 32.1 Å². The van der Waals surface area contributed by atoms with Crippen LogP contribution in [-0.2, 0) is 14.6 Å². The fraction of sp³-hybridized carbons (Fsp3) is 1.00. The second-order valence-electron chi connectivity index (χ2n) is 3.72. The topological polar surface area (TPSA) is 63.6 Å². The molecule has 0 aliphatic rings. The fourth-order valence-electron chi connectivity index (χ4n) is 1.40. The molecule has 1 radical (unpaired) electrons. The van der Waals surface area contributed by atoms with Crippen LogP contribution >= 0.6 is 0 Å². The molecule has 1 N–H and O–H groups in total. The Balaban J connectivity index is 0. The molecule has 0 bridgehead atoms. The van der Waals surface area contributed by atoms with E-state index >= 15 is 0 Å². The smallest absolute Gasteiger partial charge is 0.264 e. The third kappa shape index (κ3) is 18.1. The summed E-state index contributed by atoms with van der Waals surface area (Å²) in [6, 6.07) is 0. The predicted molar refractivity (Wildman–Crippen MR) is 65.9 cm³/mol. The van der Waals surface area contributed by atoms with Gasteiger partial charge in [0, 0.05) is 58.2 Å². The minimum absolute atomic E-state index is 0. The van der Waals surface area contributed by atoms with Crippen molar-refractivity contribution in [2.45, 2.75) is 58.3 Å². The van der Waals surface area contributed by atoms with Gasteiger partial charge in [-0.25, -0.2) is 4.18 Å². The maximum absolute atomic E-state index is 10.2. The summed E-state index contributed by atoms with van der Waals surface area (Å²) in [6.07, 6.45) is 9.05. The number of rotatable bonds is 10. The molecule has 0 saturated carbocycles. The van der Waals surface area contributed by atoms with Gasteiger partial charge in [0.25, 0.3) is 0 Å². The first-order chi connectivity index (χ1) is 7.06. The molecule has 0 aromatic heterocycles. The average molecular weight is 324 g/mol. The van der Waals surface area contributed by atoms with E-state index in [2.05, 4.69) is 11.1 Å². The molecule has 0 aliphatic carbocycles. The summed E-state index contributed by atoms with van der Waals surface area (Å²) in [7, 11) is -4.23. The molecule has 0 heterocycles. The predicted octanol–water partition coefficient (Wildman–Crippen LogP) is 2.57. The Hall–Kier alpha value is 1.68. The fourth-order valence-corrected chi connectivity index (χ4v) is 1.73. The van der Waals surface area contributed by atoms with Gasteiger partial charge >= 0.3 is 10.4 Å². The largest absolute Gasteiger partial charge is 0.397 e. The first-order valence-corrected chi connectivity index (χ1v) is 7.04. The summed E-state index contributed by atoms with van der Waals surface area (Å²) in [6.45, 7) is 2.28. The van der Waals surface area contributed by atoms with Crippen LogP contribution in [0.3, 0.4) is 0 Å². The quantitative estimate of drug-likeness (QED) is 0.496. The van der Waals surface area contributed by atoms with Gasteiger partial charge in [-0.1, -0.05) is 51.9 Å². The van der Waals surface area contributed by atoms with Crippen molar-refractivity contribution in [3.8, 4) is 0 Å². The number of unbranched alkanes of at least 4 members (excludes halogenated alkanes) is 7. The zero-order chi connectivity index (χ0) is 11.6. The van der Waals surface area contributed by atoms with Crippen molar-refractivity contribution in [2.75, 3.05) is 6.61 Å². The first-order valence-electron chi connectivity index (χ1n) is 5.68. The maximum atomic E-state index is 10.2. The normalized spacial score (nSPS) is 11.1. The molecule has 0 rings (SSSR count). The van der Waals surface area contributed by atoms with E-state index in [-0.39, 0.29) is 64.8 Å². The molecule has 0 aromatic carbocycles. The summed E-state index contributed by atoms with van der Waals surface area (Å²) >= 11 is 0. The van der Waals surface area contributed by atoms with E-state index in [1.54, 1.807) is 0 Å². The van der Waals surface area contributed by atoms with E-state index in [9.17, 15) is 8.42 Å². The van der Waals surface area contributed by atoms with E-state index in [0.29, 0.717) is 6.42 Å². The minimum Gasteiger partial charge on any atom is -0.264 e. The van der Waals surface area contributed by atoms with Crippen molar-refractivity contribution in [3.05, 3.63) is 0 Å². The molecule has 0 aliphatic heterocycles. The molecule has 0 amide bonds. The standard InChI is InChI=1S/C10H22O4S.Rb/c1-2-3-4-5-6-7-8-9-10-14-15(11,12)13;/h2-10H2,1H3,(H,11,12,13);. The van der Waals surface area contributed by atoms with Crippen molar-refractivity contribution in [1.82, 2.24) is 0 Å². The minimum atomic E-state index is -4.23. The Kier molecular flexibility index (Phi) is 16.4. The monoisotopic (exact) mass is 323 g/mol. The summed E-state index contributed by atoms with van der Waals surface area (Å²) in [5.74, 6) is 0. The van der Waals surface area contributed by atoms with Crippen molar-refractivity contribution < 1.29 is 17.2 Å². The molecule has 0 saturated heterocycles. The average Bonchev–Trinajstić information content (AvgIpc) is 2.14. The van der Waals surface area contributed by atoms with Gasteiger partial charge in [-0.2, -0.15) is 8.42 Å². The summed E-state index contributed by atoms with van der Waals surface area (Å²) in [5.41, 5.74) is 0. The number of hydrogen-bond acceptors (Lipinski definition) is 3. The van der Waals surface area contributed by atoms with Gasteiger partial charge in [-0.15, -0.1) is 0 Å². The Morgan fingerprint density at radius 2 is 1.38 bits per heavy atom. The van der Waals surface area contributed by atoms with E-state index in [4.69, 9.17) is 4.55 Å². The van der Waals surface area contributed by atoms with Gasteiger partial charge in [0.15, 0.2) is 0 Å². The van der Waals surface area contributed by atoms with Gasteiger partial charge in [0.05, 0.1) is 6.61 Å². The third-order valence-electron chi connectivity index (χ3n) is 2.23. The molecule has 0 fully saturated rings. The molecule has 4 nitrogen and oxygen atoms in total. The van der Waals surface area contributed by atoms with E-state index in [1.807, 2.05) is 0 Å². The van der Waals surface area contributed by atoms with Crippen LogP contribution in [0, 0.1) is 0 Å². The Bertz CT molecular complexity index is 229. The van der Waals surface area contributed by atoms with Gasteiger partial charge in [-0.3, -0.25) is 4.55 Å². The maximum Gasteiger partial charge on any atom is 0.397 e. The van der Waals surface area contributed by atoms with Crippen molar-refractivity contribution in [1.29, 1.82) is 0 Å². The van der Waals surface area contributed by atoms with Crippen LogP contribution in [0.4, 0.5) is 0 Å². The van der Waals surface area contributed by atoms with Crippen molar-refractivity contribution in [2.24, 2.45) is 0 Å². The van der Waals surface area contributed by atoms with Crippen LogP contribution in [0.5, 0.6) is 0 Å². The molecular weight excluding hydrogens is 302 g/mol. The third-order valence-corrected chi connectivity index (χ3v) is 2.69. The molecule has 0 atom stereocenters. The van der Waals surface area contributed by atoms with Gasteiger partial charge < -0.3 is 0 Å². The molecule has 6 heteroatoms. The molecular formula is C10H22O4RbS. The molecule has 93 valence electrons. The van der Waals surface area contributed by atoms with Crippen molar-refractivity contribution >= 4 is 68.6 Å². The van der Waals surface area contributed by atoms with Crippen LogP contribution in [0.15, 0.2) is 0 Å². The second kappa shape index (κ2) is 13.1. The Morgan fingerprint density at radius 3 is 1.81 bits per heavy atom. The van der Waals surface area contributed by atoms with Crippen LogP contribution < -0.4 is 0 Å². The summed E-state index contributed by atoms with van der Waals surface area (Å²) in [5, 5.41) is 0. The number of hydrogen-bond donors (Lipinski definition) is 1. The van der Waals surface area contributed by atoms with Crippen LogP contribution in [0.1, 0.15) is 58.3 Å². The zero-order valence-corrected chi connectivity index (χ0v) is 16.2. The van der Waals surface area contributed by atoms with Crippen LogP contribution in [-0.4, -0.2) is 77.8 Å².